The molecule has 0 aromatic carbocycles. The zero-order chi connectivity index (χ0) is 55.1. The van der Waals surface area contributed by atoms with Gasteiger partial charge in [0.05, 0.1) is 25.6 Å². The first-order valence-electron chi connectivity index (χ1n) is 23.8. The molecule has 0 radical (unpaired) electrons. The molecular formula is C42H56F2N12O17P2S. The number of imide groups is 1. The smallest absolute Gasteiger partial charge is 0.382 e. The molecule has 7 heterocycles. The van der Waals surface area contributed by atoms with Crippen molar-refractivity contribution in [1.29, 1.82) is 0 Å². The Labute approximate surface area is 433 Å². The minimum atomic E-state index is -5.32. The fraction of sp³-hybridized carbons (Fsp3) is 0.595. The summed E-state index contributed by atoms with van der Waals surface area (Å²) in [5.41, 5.74) is 9.21. The average molecular weight is 1130 g/mol. The molecule has 3 saturated heterocycles. The predicted octanol–water partition coefficient (Wildman–Crippen LogP) is 0.565. The first-order valence-corrected chi connectivity index (χ1v) is 28.4. The van der Waals surface area contributed by atoms with Crippen molar-refractivity contribution in [3.63, 3.8) is 0 Å². The van der Waals surface area contributed by atoms with Crippen molar-refractivity contribution < 1.29 is 79.1 Å². The highest BCUT2D eigenvalue weighted by molar-refractivity contribution is 8.55. The number of urea groups is 1. The number of nitrogens with one attached hydrogen (secondary N) is 4. The molecule has 4 aliphatic heterocycles. The Hall–Kier alpha value is -5.82. The maximum Gasteiger partial charge on any atom is 0.472 e. The number of imidazole rings is 1. The second-order valence-corrected chi connectivity index (χ2v) is 23.7. The number of aromatic nitrogens is 6. The second-order valence-electron chi connectivity index (χ2n) is 18.1. The highest BCUT2D eigenvalue weighted by Gasteiger charge is 2.55. The number of nitrogens with two attached hydrogens (primary N) is 2. The van der Waals surface area contributed by atoms with Crippen LogP contribution in [0.2, 0.25) is 0 Å². The van der Waals surface area contributed by atoms with Gasteiger partial charge in [-0.05, 0) is 43.0 Å². The van der Waals surface area contributed by atoms with E-state index in [4.69, 9.17) is 39.0 Å². The van der Waals surface area contributed by atoms with Gasteiger partial charge >= 0.3 is 26.3 Å². The summed E-state index contributed by atoms with van der Waals surface area (Å²) in [6.07, 6.45) is -9.93. The van der Waals surface area contributed by atoms with E-state index in [1.165, 1.54) is 0 Å². The van der Waals surface area contributed by atoms with Gasteiger partial charge in [-0.15, -0.1) is 0 Å². The number of ketones is 1. The summed E-state index contributed by atoms with van der Waals surface area (Å²) in [5.74, 6) is -4.41. The number of carbonyl (C=O) groups is 6. The van der Waals surface area contributed by atoms with Crippen LogP contribution in [0.5, 0.6) is 0 Å². The summed E-state index contributed by atoms with van der Waals surface area (Å²) in [4.78, 5) is 126. The van der Waals surface area contributed by atoms with Gasteiger partial charge < -0.3 is 41.8 Å². The number of nitrogens with zero attached hydrogens (tertiary/aromatic N) is 6. The van der Waals surface area contributed by atoms with Crippen LogP contribution in [0.15, 0.2) is 46.7 Å². The molecule has 3 fully saturated rings. The van der Waals surface area contributed by atoms with Crippen molar-refractivity contribution in [2.24, 2.45) is 17.6 Å². The molecule has 4 unspecified atom stereocenters. The number of amides is 6. The molecule has 12 atom stereocenters. The summed E-state index contributed by atoms with van der Waals surface area (Å²) in [6, 6.07) is -0.971. The molecule has 76 heavy (non-hydrogen) atoms. The van der Waals surface area contributed by atoms with Crippen molar-refractivity contribution in [3.8, 4) is 0 Å². The third-order valence-corrected chi connectivity index (χ3v) is 17.1. The maximum absolute atomic E-state index is 16.6. The van der Waals surface area contributed by atoms with Crippen LogP contribution in [-0.2, 0) is 60.7 Å². The van der Waals surface area contributed by atoms with E-state index >= 15 is 8.78 Å². The number of aromatic amines is 1. The number of phosphoric ester groups is 1. The summed E-state index contributed by atoms with van der Waals surface area (Å²) in [7, 11) is -5.32. The van der Waals surface area contributed by atoms with Gasteiger partial charge in [-0.3, -0.25) is 65.9 Å². The van der Waals surface area contributed by atoms with Crippen LogP contribution in [0.1, 0.15) is 64.8 Å². The van der Waals surface area contributed by atoms with Gasteiger partial charge in [0.25, 0.3) is 17.4 Å². The van der Waals surface area contributed by atoms with Gasteiger partial charge in [-0.2, -0.15) is 0 Å². The van der Waals surface area contributed by atoms with Crippen molar-refractivity contribution in [2.75, 3.05) is 44.3 Å². The third kappa shape index (κ3) is 14.2. The molecule has 0 spiro atoms. The molecule has 7 rings (SSSR count). The fourth-order valence-corrected chi connectivity index (χ4v) is 12.9. The number of phosphoric acid groups is 1. The molecule has 0 bridgehead atoms. The summed E-state index contributed by atoms with van der Waals surface area (Å²) in [5, 5.41) is 7.78. The Morgan fingerprint density at radius 1 is 0.908 bits per heavy atom. The van der Waals surface area contributed by atoms with Crippen LogP contribution in [0.25, 0.3) is 11.2 Å². The highest BCUT2D eigenvalue weighted by atomic mass is 32.7. The van der Waals surface area contributed by atoms with Crippen molar-refractivity contribution in [1.82, 2.24) is 49.9 Å². The third-order valence-electron chi connectivity index (χ3n) is 12.4. The number of Topliss-reactive ketones (excluding diaryl/α,β-unsaturated/α-hetero) is 1. The lowest BCUT2D eigenvalue weighted by Gasteiger charge is -2.29. The number of halogens is 2. The van der Waals surface area contributed by atoms with E-state index in [9.17, 15) is 52.4 Å². The number of H-pyrrole nitrogens is 1. The van der Waals surface area contributed by atoms with Crippen LogP contribution in [-0.4, -0.2) is 156 Å². The molecule has 34 heteroatoms. The van der Waals surface area contributed by atoms with E-state index in [0.717, 1.165) is 46.5 Å². The first kappa shape index (κ1) is 57.9. The molecule has 29 nitrogen and oxygen atoms in total. The molecule has 6 amide bonds. The zero-order valence-electron chi connectivity index (χ0n) is 40.7. The minimum absolute atomic E-state index is 0.00123. The summed E-state index contributed by atoms with van der Waals surface area (Å²) < 4.78 is 97.0. The van der Waals surface area contributed by atoms with E-state index in [0.29, 0.717) is 28.8 Å². The van der Waals surface area contributed by atoms with Crippen molar-refractivity contribution in [3.05, 3.63) is 57.9 Å². The number of carbonyl (C=O) groups excluding carboxylic acids is 6. The lowest BCUT2D eigenvalue weighted by Crippen LogP contribution is -2.46. The van der Waals surface area contributed by atoms with Gasteiger partial charge in [0, 0.05) is 68.6 Å². The summed E-state index contributed by atoms with van der Waals surface area (Å²) >= 11 is 0.426. The predicted molar refractivity (Wildman–Crippen MR) is 260 cm³/mol. The first-order chi connectivity index (χ1) is 36.0. The Bertz CT molecular complexity index is 2900. The van der Waals surface area contributed by atoms with Crippen molar-refractivity contribution >= 4 is 78.4 Å². The van der Waals surface area contributed by atoms with Crippen molar-refractivity contribution in [2.45, 2.75) is 108 Å². The zero-order valence-corrected chi connectivity index (χ0v) is 43.3. The lowest BCUT2D eigenvalue weighted by molar-refractivity contribution is -0.136. The molecule has 4 aliphatic rings. The van der Waals surface area contributed by atoms with Crippen LogP contribution < -0.4 is 38.7 Å². The maximum atomic E-state index is 16.6. The summed E-state index contributed by atoms with van der Waals surface area (Å²) in [6.45, 7) is -3.56. The van der Waals surface area contributed by atoms with Crippen LogP contribution in [0.3, 0.4) is 0 Å². The fourth-order valence-electron chi connectivity index (χ4n) is 8.61. The largest absolute Gasteiger partial charge is 0.472 e. The van der Waals surface area contributed by atoms with Gasteiger partial charge in [-0.25, -0.2) is 42.5 Å². The Balaban J connectivity index is 1.05. The Morgan fingerprint density at radius 3 is 2.25 bits per heavy atom. The molecule has 416 valence electrons. The van der Waals surface area contributed by atoms with E-state index < -0.39 is 142 Å². The number of rotatable bonds is 21. The monoisotopic (exact) mass is 1130 g/mol. The molecule has 0 aliphatic carbocycles. The SMILES string of the molecule is CC(C)C(NC(=O)CCCCN1C(=O)C=CC1=O)C(=O)CC(CCCNC(N)=O)C(=O)NCCSP1(=O)OC[C@H]2O[C@@H](n3cnc4c(N)ncnc43)[C@H](F)[C@@H]2OP(=O)(O)OC[C@H]2O[C@@H](n3ccc(=O)[nH]c3=O)[C@H](F)[C@@H]2O1. The minimum Gasteiger partial charge on any atom is -0.382 e. The van der Waals surface area contributed by atoms with Gasteiger partial charge in [0.15, 0.2) is 42.0 Å². The van der Waals surface area contributed by atoms with Crippen LogP contribution in [0, 0.1) is 11.8 Å². The molecule has 3 aromatic heterocycles. The van der Waals surface area contributed by atoms with E-state index in [1.54, 1.807) is 13.8 Å². The molecule has 0 saturated carbocycles. The Kier molecular flexibility index (Phi) is 19.1. The number of fused-ring (bicyclic) bond motifs is 3. The van der Waals surface area contributed by atoms with Gasteiger partial charge in [0.2, 0.25) is 11.8 Å². The van der Waals surface area contributed by atoms with E-state index in [-0.39, 0.29) is 68.1 Å². The topological polar surface area (TPSA) is 402 Å². The average Bonchev–Trinajstić information content (AvgIpc) is 4.10. The number of unbranched alkanes of at least 4 members (excludes halogenated alkanes) is 1. The van der Waals surface area contributed by atoms with E-state index in [1.807, 2.05) is 4.98 Å². The van der Waals surface area contributed by atoms with Crippen LogP contribution in [0.4, 0.5) is 19.4 Å². The number of nitrogen functional groups attached to an aromatic ring is 1. The molecule has 9 N–H and O–H groups in total. The van der Waals surface area contributed by atoms with Gasteiger partial charge in [0.1, 0.15) is 36.3 Å². The number of anilines is 1. The Morgan fingerprint density at radius 2 is 1.58 bits per heavy atom. The highest BCUT2D eigenvalue weighted by Crippen LogP contribution is 2.64. The lowest BCUT2D eigenvalue weighted by atomic mass is 9.89. The normalized spacial score (nSPS) is 28.6. The number of ether oxygens (including phenoxy) is 2. The number of primary amides is 1. The van der Waals surface area contributed by atoms with Gasteiger partial charge in [-0.1, -0.05) is 13.8 Å². The number of alkyl halides is 2. The quantitative estimate of drug-likeness (QED) is 0.0435. The molecule has 3 aromatic rings. The number of hydrogen-bond acceptors (Lipinski definition) is 21. The second kappa shape index (κ2) is 25.1. The molecular weight excluding hydrogens is 1080 g/mol. The number of hydrogen-bond donors (Lipinski definition) is 7. The van der Waals surface area contributed by atoms with E-state index in [2.05, 4.69) is 30.9 Å². The van der Waals surface area contributed by atoms with Crippen LogP contribution >= 0.6 is 26.0 Å². The standard InChI is InChI=1S/C42H56F2N12O17P2S/c1-21(2)32(52-26(58)7-3-4-13-54-28(60)8-9-29(54)61)23(57)16-22(6-5-11-48-41(46)63)38(62)47-12-15-76-75(67)69-18-25-34(30(43)40(71-25)56-20-51-33-36(45)49-19-50-37(33)56)72-74(65,66)68-17-24-35(73-75)31(44)39(70-24)55-14-10-27(59)53-42(55)64/h8-10,14,19-22,24-25,30-32,34-35,39-40H,3-7,11-13,15-18H2,1-2H3,(H,47,62)(H,52,58)(H,65,66)(H2,45,49,50)(H3,46,48,63)(H,53,59,64)/t22?,24-,25-,30-,31-,32?,34-,35-,39-,40-,75?/m1/s1.